The number of benzene rings is 1. The first-order chi connectivity index (χ1) is 9.31. The molecule has 1 fully saturated rings. The summed E-state index contributed by atoms with van der Waals surface area (Å²) >= 11 is 0. The van der Waals surface area contributed by atoms with Gasteiger partial charge >= 0.3 is 0 Å². The van der Waals surface area contributed by atoms with Gasteiger partial charge in [0.25, 0.3) is 0 Å². The van der Waals surface area contributed by atoms with Gasteiger partial charge in [0.2, 0.25) is 0 Å². The molecule has 1 aliphatic heterocycles. The highest BCUT2D eigenvalue weighted by molar-refractivity contribution is 5.39. The maximum Gasteiger partial charge on any atom is 0.161 e. The molecule has 0 spiro atoms. The Morgan fingerprint density at radius 1 is 1.26 bits per heavy atom. The van der Waals surface area contributed by atoms with Crippen molar-refractivity contribution < 1.29 is 9.47 Å². The maximum absolute atomic E-state index is 5.83. The van der Waals surface area contributed by atoms with E-state index in [0.717, 1.165) is 31.1 Å². The number of nitrogens with one attached hydrogen (secondary N) is 1. The van der Waals surface area contributed by atoms with Crippen LogP contribution in [0.15, 0.2) is 24.3 Å². The van der Waals surface area contributed by atoms with Gasteiger partial charge in [0, 0.05) is 19.1 Å². The molecule has 1 unspecified atom stereocenters. The fraction of sp³-hybridized carbons (Fsp3) is 0.600. The molecule has 1 atom stereocenters. The van der Waals surface area contributed by atoms with E-state index in [0.29, 0.717) is 19.3 Å². The Morgan fingerprint density at radius 3 is 2.63 bits per heavy atom. The van der Waals surface area contributed by atoms with E-state index in [9.17, 15) is 0 Å². The first-order valence-corrected chi connectivity index (χ1v) is 7.07. The summed E-state index contributed by atoms with van der Waals surface area (Å²) in [6.45, 7) is 6.49. The minimum absolute atomic E-state index is 0.644. The molecule has 4 nitrogen and oxygen atoms in total. The summed E-state index contributed by atoms with van der Waals surface area (Å²) in [4.78, 5) is 2.36. The first-order valence-electron chi connectivity index (χ1n) is 7.07. The molecule has 0 bridgehead atoms. The van der Waals surface area contributed by atoms with Gasteiger partial charge in [0.05, 0.1) is 6.61 Å². The van der Waals surface area contributed by atoms with Gasteiger partial charge in [-0.3, -0.25) is 4.90 Å². The van der Waals surface area contributed by atoms with E-state index in [-0.39, 0.29) is 0 Å². The van der Waals surface area contributed by atoms with Gasteiger partial charge in [-0.1, -0.05) is 12.1 Å². The maximum atomic E-state index is 5.83. The van der Waals surface area contributed by atoms with E-state index in [1.54, 1.807) is 0 Å². The Morgan fingerprint density at radius 2 is 2.00 bits per heavy atom. The normalized spacial score (nSPS) is 18.8. The third kappa shape index (κ3) is 4.11. The van der Waals surface area contributed by atoms with Crippen LogP contribution >= 0.6 is 0 Å². The fourth-order valence-corrected chi connectivity index (χ4v) is 2.34. The van der Waals surface area contributed by atoms with E-state index in [1.165, 1.54) is 6.42 Å². The zero-order chi connectivity index (χ0) is 13.5. The van der Waals surface area contributed by atoms with Crippen LogP contribution in [-0.2, 0) is 0 Å². The lowest BCUT2D eigenvalue weighted by atomic mass is 10.2. The van der Waals surface area contributed by atoms with Gasteiger partial charge in [-0.05, 0) is 39.1 Å². The second kappa shape index (κ2) is 7.36. The second-order valence-electron chi connectivity index (χ2n) is 4.86. The van der Waals surface area contributed by atoms with Crippen LogP contribution in [0.5, 0.6) is 11.5 Å². The van der Waals surface area contributed by atoms with Crippen LogP contribution in [0.4, 0.5) is 0 Å². The van der Waals surface area contributed by atoms with Crippen LogP contribution in [0.1, 0.15) is 13.3 Å². The topological polar surface area (TPSA) is 33.7 Å². The summed E-state index contributed by atoms with van der Waals surface area (Å²) in [5.41, 5.74) is 0. The highest BCUT2D eigenvalue weighted by Gasteiger charge is 2.18. The Balaban J connectivity index is 1.78. The summed E-state index contributed by atoms with van der Waals surface area (Å²) in [6, 6.07) is 8.49. The van der Waals surface area contributed by atoms with Crippen molar-refractivity contribution in [2.24, 2.45) is 0 Å². The average molecular weight is 264 g/mol. The van der Waals surface area contributed by atoms with E-state index in [2.05, 4.69) is 17.3 Å². The van der Waals surface area contributed by atoms with Crippen molar-refractivity contribution in [1.29, 1.82) is 0 Å². The smallest absolute Gasteiger partial charge is 0.161 e. The minimum atomic E-state index is 0.644. The molecule has 0 saturated carbocycles. The van der Waals surface area contributed by atoms with Crippen molar-refractivity contribution in [3.05, 3.63) is 24.3 Å². The molecule has 1 aromatic rings. The summed E-state index contributed by atoms with van der Waals surface area (Å²) in [5.74, 6) is 1.66. The monoisotopic (exact) mass is 264 g/mol. The van der Waals surface area contributed by atoms with Crippen molar-refractivity contribution in [3.63, 3.8) is 0 Å². The van der Waals surface area contributed by atoms with Crippen molar-refractivity contribution >= 4 is 0 Å². The van der Waals surface area contributed by atoms with Gasteiger partial charge < -0.3 is 14.8 Å². The molecule has 0 aliphatic carbocycles. The Hall–Kier alpha value is -1.26. The van der Waals surface area contributed by atoms with Crippen LogP contribution in [-0.4, -0.2) is 50.8 Å². The molecule has 106 valence electrons. The van der Waals surface area contributed by atoms with Crippen molar-refractivity contribution in [2.45, 2.75) is 19.4 Å². The third-order valence-electron chi connectivity index (χ3n) is 3.51. The van der Waals surface area contributed by atoms with Gasteiger partial charge in [-0.25, -0.2) is 0 Å². The van der Waals surface area contributed by atoms with Gasteiger partial charge in [0.15, 0.2) is 11.5 Å². The molecule has 19 heavy (non-hydrogen) atoms. The lowest BCUT2D eigenvalue weighted by Gasteiger charge is -2.23. The van der Waals surface area contributed by atoms with E-state index >= 15 is 0 Å². The molecule has 0 aromatic heterocycles. The van der Waals surface area contributed by atoms with Gasteiger partial charge in [0.1, 0.15) is 6.61 Å². The number of nitrogens with zero attached hydrogens (tertiary/aromatic N) is 1. The van der Waals surface area contributed by atoms with Crippen LogP contribution in [0.3, 0.4) is 0 Å². The van der Waals surface area contributed by atoms with Crippen LogP contribution in [0.2, 0.25) is 0 Å². The van der Waals surface area contributed by atoms with E-state index < -0.39 is 0 Å². The Labute approximate surface area is 115 Å². The number of likely N-dealkylation sites (N-methyl/N-ethyl adjacent to an activating group) is 1. The molecule has 1 N–H and O–H groups in total. The Bertz CT molecular complexity index is 378. The molecule has 1 saturated heterocycles. The molecular weight excluding hydrogens is 240 g/mol. The summed E-state index contributed by atoms with van der Waals surface area (Å²) in [5, 5.41) is 3.38. The zero-order valence-corrected chi connectivity index (χ0v) is 11.9. The van der Waals surface area contributed by atoms with Gasteiger partial charge in [-0.15, -0.1) is 0 Å². The minimum Gasteiger partial charge on any atom is -0.490 e. The largest absolute Gasteiger partial charge is 0.490 e. The molecule has 2 rings (SSSR count). The quantitative estimate of drug-likeness (QED) is 0.813. The first kappa shape index (κ1) is 14.2. The molecule has 1 heterocycles. The summed E-state index contributed by atoms with van der Waals surface area (Å²) in [7, 11) is 2.16. The third-order valence-corrected chi connectivity index (χ3v) is 3.51. The standard InChI is InChI=1S/C15H24N2O2/c1-3-18-14-6-4-5-7-15(14)19-11-10-17(2)13-8-9-16-12-13/h4-7,13,16H,3,8-12H2,1-2H3. The summed E-state index contributed by atoms with van der Waals surface area (Å²) in [6.07, 6.45) is 1.23. The highest BCUT2D eigenvalue weighted by Crippen LogP contribution is 2.26. The predicted octanol–water partition coefficient (Wildman–Crippen LogP) is 1.76. The molecule has 0 amide bonds. The summed E-state index contributed by atoms with van der Waals surface area (Å²) < 4.78 is 11.4. The number of hydrogen-bond donors (Lipinski definition) is 1. The molecule has 1 aliphatic rings. The van der Waals surface area contributed by atoms with Crippen molar-refractivity contribution in [3.8, 4) is 11.5 Å². The van der Waals surface area contributed by atoms with Crippen LogP contribution in [0.25, 0.3) is 0 Å². The number of ether oxygens (including phenoxy) is 2. The SMILES string of the molecule is CCOc1ccccc1OCCN(C)C1CCNC1. The average Bonchev–Trinajstić information content (AvgIpc) is 2.95. The molecule has 0 radical (unpaired) electrons. The highest BCUT2D eigenvalue weighted by atomic mass is 16.5. The van der Waals surface area contributed by atoms with Crippen molar-refractivity contribution in [1.82, 2.24) is 10.2 Å². The number of rotatable bonds is 7. The molecular formula is C15H24N2O2. The van der Waals surface area contributed by atoms with E-state index in [4.69, 9.17) is 9.47 Å². The Kier molecular flexibility index (Phi) is 5.48. The second-order valence-corrected chi connectivity index (χ2v) is 4.86. The molecule has 4 heteroatoms. The lowest BCUT2D eigenvalue weighted by Crippen LogP contribution is -2.36. The zero-order valence-electron chi connectivity index (χ0n) is 11.9. The number of hydrogen-bond acceptors (Lipinski definition) is 4. The number of para-hydroxylation sites is 2. The van der Waals surface area contributed by atoms with Gasteiger partial charge in [-0.2, -0.15) is 0 Å². The lowest BCUT2D eigenvalue weighted by molar-refractivity contribution is 0.194. The van der Waals surface area contributed by atoms with E-state index in [1.807, 2.05) is 31.2 Å². The fourth-order valence-electron chi connectivity index (χ4n) is 2.34. The predicted molar refractivity (Wildman–Crippen MR) is 77.0 cm³/mol. The molecule has 1 aromatic carbocycles. The van der Waals surface area contributed by atoms with Crippen LogP contribution in [0, 0.1) is 0 Å². The van der Waals surface area contributed by atoms with Crippen LogP contribution < -0.4 is 14.8 Å². The van der Waals surface area contributed by atoms with Crippen molar-refractivity contribution in [2.75, 3.05) is 39.9 Å².